The Morgan fingerprint density at radius 2 is 2.40 bits per heavy atom. The Labute approximate surface area is 60.3 Å². The van der Waals surface area contributed by atoms with Crippen LogP contribution < -0.4 is 0 Å². The van der Waals surface area contributed by atoms with Gasteiger partial charge >= 0.3 is 0 Å². The van der Waals surface area contributed by atoms with Gasteiger partial charge in [-0.05, 0) is 6.92 Å². The maximum atomic E-state index is 10.5. The van der Waals surface area contributed by atoms with Crippen molar-refractivity contribution in [1.82, 2.24) is 0 Å². The molecule has 1 aliphatic rings. The lowest BCUT2D eigenvalue weighted by molar-refractivity contribution is -0.159. The van der Waals surface area contributed by atoms with Gasteiger partial charge in [0.25, 0.3) is 0 Å². The summed E-state index contributed by atoms with van der Waals surface area (Å²) >= 11 is 0. The first-order chi connectivity index (χ1) is 4.83. The molecule has 1 rings (SSSR count). The fourth-order valence-corrected chi connectivity index (χ4v) is 0.855. The lowest BCUT2D eigenvalue weighted by atomic mass is 9.89. The molecular weight excluding hydrogens is 132 g/mol. The Bertz CT molecular complexity index is 118. The molecule has 1 aliphatic heterocycles. The van der Waals surface area contributed by atoms with Crippen LogP contribution in [0.1, 0.15) is 6.92 Å². The molecule has 0 amide bonds. The van der Waals surface area contributed by atoms with Gasteiger partial charge in [-0.25, -0.2) is 0 Å². The zero-order chi connectivity index (χ0) is 7.45. The van der Waals surface area contributed by atoms with Crippen LogP contribution in [0, 0.1) is 5.41 Å². The molecule has 0 spiro atoms. The van der Waals surface area contributed by atoms with E-state index in [9.17, 15) is 4.79 Å². The van der Waals surface area contributed by atoms with Crippen LogP contribution in [-0.4, -0.2) is 32.7 Å². The van der Waals surface area contributed by atoms with Gasteiger partial charge in [-0.1, -0.05) is 0 Å². The molecule has 0 N–H and O–H groups in total. The van der Waals surface area contributed by atoms with Gasteiger partial charge in [-0.3, -0.25) is 0 Å². The van der Waals surface area contributed by atoms with Crippen LogP contribution in [0.3, 0.4) is 0 Å². The minimum Gasteiger partial charge on any atom is -0.381 e. The molecule has 0 unspecified atom stereocenters. The second-order valence-electron chi connectivity index (χ2n) is 2.61. The van der Waals surface area contributed by atoms with Gasteiger partial charge in [0, 0.05) is 6.61 Å². The van der Waals surface area contributed by atoms with Crippen LogP contribution >= 0.6 is 0 Å². The van der Waals surface area contributed by atoms with Crippen LogP contribution in [0.5, 0.6) is 0 Å². The predicted molar refractivity (Wildman–Crippen MR) is 35.8 cm³/mol. The van der Waals surface area contributed by atoms with Crippen molar-refractivity contribution in [2.24, 2.45) is 5.41 Å². The third-order valence-electron chi connectivity index (χ3n) is 1.62. The highest BCUT2D eigenvalue weighted by Gasteiger charge is 2.38. The van der Waals surface area contributed by atoms with E-state index in [1.807, 2.05) is 6.92 Å². The molecule has 0 aromatic carbocycles. The highest BCUT2D eigenvalue weighted by atomic mass is 16.5. The van der Waals surface area contributed by atoms with Gasteiger partial charge in [0.05, 0.1) is 25.2 Å². The summed E-state index contributed by atoms with van der Waals surface area (Å²) in [5.41, 5.74) is -0.310. The summed E-state index contributed by atoms with van der Waals surface area (Å²) in [6.45, 7) is 4.13. The van der Waals surface area contributed by atoms with Gasteiger partial charge < -0.3 is 14.3 Å². The molecular formula is C7H12O3. The summed E-state index contributed by atoms with van der Waals surface area (Å²) in [5.74, 6) is 0. The number of hydrogen-bond donors (Lipinski definition) is 0. The van der Waals surface area contributed by atoms with Crippen LogP contribution in [0.25, 0.3) is 0 Å². The molecule has 10 heavy (non-hydrogen) atoms. The molecule has 1 saturated heterocycles. The van der Waals surface area contributed by atoms with Crippen molar-refractivity contribution in [2.45, 2.75) is 6.92 Å². The highest BCUT2D eigenvalue weighted by molar-refractivity contribution is 5.61. The van der Waals surface area contributed by atoms with Crippen molar-refractivity contribution in [3.05, 3.63) is 0 Å². The first-order valence-corrected chi connectivity index (χ1v) is 3.45. The molecule has 0 aromatic rings. The number of aldehydes is 1. The molecule has 0 aliphatic carbocycles. The summed E-state index contributed by atoms with van der Waals surface area (Å²) in [7, 11) is 0. The van der Waals surface area contributed by atoms with Crippen molar-refractivity contribution in [3.8, 4) is 0 Å². The van der Waals surface area contributed by atoms with Gasteiger partial charge in [0.15, 0.2) is 0 Å². The van der Waals surface area contributed by atoms with E-state index in [1.165, 1.54) is 0 Å². The summed E-state index contributed by atoms with van der Waals surface area (Å²) in [6, 6.07) is 0. The SMILES string of the molecule is CCOCC1(C=O)COC1. The predicted octanol–water partition coefficient (Wildman–Crippen LogP) is 0.238. The highest BCUT2D eigenvalue weighted by Crippen LogP contribution is 2.24. The van der Waals surface area contributed by atoms with E-state index in [0.29, 0.717) is 26.4 Å². The lowest BCUT2D eigenvalue weighted by Gasteiger charge is -2.35. The molecule has 1 fully saturated rings. The molecule has 0 saturated carbocycles. The number of carbonyl (C=O) groups is 1. The molecule has 0 bridgehead atoms. The number of rotatable bonds is 4. The lowest BCUT2D eigenvalue weighted by Crippen LogP contribution is -2.47. The average molecular weight is 144 g/mol. The molecule has 0 atom stereocenters. The van der Waals surface area contributed by atoms with Crippen LogP contribution in [0.4, 0.5) is 0 Å². The van der Waals surface area contributed by atoms with E-state index < -0.39 is 0 Å². The molecule has 3 nitrogen and oxygen atoms in total. The van der Waals surface area contributed by atoms with E-state index in [1.54, 1.807) is 0 Å². The van der Waals surface area contributed by atoms with E-state index >= 15 is 0 Å². The Kier molecular flexibility index (Phi) is 2.40. The summed E-state index contributed by atoms with van der Waals surface area (Å²) < 4.78 is 10.0. The Hall–Kier alpha value is -0.410. The van der Waals surface area contributed by atoms with Crippen molar-refractivity contribution in [1.29, 1.82) is 0 Å². The maximum absolute atomic E-state index is 10.5. The number of hydrogen-bond acceptors (Lipinski definition) is 3. The van der Waals surface area contributed by atoms with Crippen LogP contribution in [-0.2, 0) is 14.3 Å². The fraction of sp³-hybridized carbons (Fsp3) is 0.857. The standard InChI is InChI=1S/C7H12O3/c1-2-9-4-7(3-8)5-10-6-7/h3H,2,4-6H2,1H3. The summed E-state index contributed by atoms with van der Waals surface area (Å²) in [4.78, 5) is 10.5. The largest absolute Gasteiger partial charge is 0.381 e. The first kappa shape index (κ1) is 7.69. The van der Waals surface area contributed by atoms with Crippen molar-refractivity contribution >= 4 is 6.29 Å². The Morgan fingerprint density at radius 1 is 1.70 bits per heavy atom. The second kappa shape index (κ2) is 3.12. The van der Waals surface area contributed by atoms with Crippen molar-refractivity contribution in [2.75, 3.05) is 26.4 Å². The second-order valence-corrected chi connectivity index (χ2v) is 2.61. The van der Waals surface area contributed by atoms with Gasteiger partial charge in [-0.2, -0.15) is 0 Å². The quantitative estimate of drug-likeness (QED) is 0.530. The Morgan fingerprint density at radius 3 is 2.70 bits per heavy atom. The maximum Gasteiger partial charge on any atom is 0.133 e. The van der Waals surface area contributed by atoms with Crippen molar-refractivity contribution in [3.63, 3.8) is 0 Å². The normalized spacial score (nSPS) is 21.7. The summed E-state index contributed by atoms with van der Waals surface area (Å²) in [6.07, 6.45) is 0.937. The van der Waals surface area contributed by atoms with E-state index in [0.717, 1.165) is 6.29 Å². The molecule has 3 heteroatoms. The monoisotopic (exact) mass is 144 g/mol. The minimum absolute atomic E-state index is 0.310. The van der Waals surface area contributed by atoms with Crippen molar-refractivity contribution < 1.29 is 14.3 Å². The first-order valence-electron chi connectivity index (χ1n) is 3.45. The molecule has 0 aromatic heterocycles. The van der Waals surface area contributed by atoms with Crippen LogP contribution in [0.2, 0.25) is 0 Å². The zero-order valence-electron chi connectivity index (χ0n) is 6.13. The van der Waals surface area contributed by atoms with Gasteiger partial charge in [0.2, 0.25) is 0 Å². The zero-order valence-corrected chi connectivity index (χ0v) is 6.13. The minimum atomic E-state index is -0.310. The number of ether oxygens (including phenoxy) is 2. The van der Waals surface area contributed by atoms with Gasteiger partial charge in [0.1, 0.15) is 6.29 Å². The number of carbonyl (C=O) groups excluding carboxylic acids is 1. The van der Waals surface area contributed by atoms with E-state index in [-0.39, 0.29) is 5.41 Å². The fourth-order valence-electron chi connectivity index (χ4n) is 0.855. The third kappa shape index (κ3) is 1.36. The topological polar surface area (TPSA) is 35.5 Å². The average Bonchev–Trinajstić information content (AvgIpc) is 1.87. The van der Waals surface area contributed by atoms with Gasteiger partial charge in [-0.15, -0.1) is 0 Å². The van der Waals surface area contributed by atoms with E-state index in [2.05, 4.69) is 0 Å². The smallest absolute Gasteiger partial charge is 0.133 e. The third-order valence-corrected chi connectivity index (χ3v) is 1.62. The Balaban J connectivity index is 2.26. The van der Waals surface area contributed by atoms with Crippen LogP contribution in [0.15, 0.2) is 0 Å². The van der Waals surface area contributed by atoms with E-state index in [4.69, 9.17) is 9.47 Å². The molecule has 0 radical (unpaired) electrons. The summed E-state index contributed by atoms with van der Waals surface area (Å²) in [5, 5.41) is 0. The molecule has 58 valence electrons. The molecule has 1 heterocycles.